The first-order valence-corrected chi connectivity index (χ1v) is 13.6. The fourth-order valence-corrected chi connectivity index (χ4v) is 8.67. The molecule has 0 spiro atoms. The van der Waals surface area contributed by atoms with E-state index in [1.807, 2.05) is 49.3 Å². The van der Waals surface area contributed by atoms with Gasteiger partial charge in [0.15, 0.2) is 19.7 Å². The van der Waals surface area contributed by atoms with Crippen molar-refractivity contribution in [2.45, 2.75) is 29.2 Å². The maximum atomic E-state index is 13.3. The van der Waals surface area contributed by atoms with Crippen molar-refractivity contribution >= 4 is 31.3 Å². The van der Waals surface area contributed by atoms with E-state index in [0.29, 0.717) is 12.2 Å². The molecule has 3 rings (SSSR count). The molecule has 1 amide bonds. The zero-order chi connectivity index (χ0) is 23.5. The van der Waals surface area contributed by atoms with E-state index in [1.165, 1.54) is 31.2 Å². The molecule has 2 N–H and O–H groups in total. The van der Waals surface area contributed by atoms with Crippen LogP contribution in [0.15, 0.2) is 59.5 Å². The SMILES string of the molecule is CC(=O)Nc1ccc(S(=O)(=O)[C@H]2CS(=O)(=O)C[C@@H]2NCC(c2ccccc2)N(C)C)cc1. The maximum Gasteiger partial charge on any atom is 0.221 e. The van der Waals surface area contributed by atoms with Crippen LogP contribution in [-0.2, 0) is 24.5 Å². The van der Waals surface area contributed by atoms with E-state index >= 15 is 0 Å². The topological polar surface area (TPSA) is 113 Å². The second kappa shape index (κ2) is 9.70. The summed E-state index contributed by atoms with van der Waals surface area (Å²) >= 11 is 0. The molecule has 0 radical (unpaired) electrons. The van der Waals surface area contributed by atoms with Gasteiger partial charge in [0.2, 0.25) is 5.91 Å². The fourth-order valence-electron chi connectivity index (χ4n) is 3.95. The molecule has 1 aliphatic rings. The van der Waals surface area contributed by atoms with Gasteiger partial charge in [-0.2, -0.15) is 0 Å². The largest absolute Gasteiger partial charge is 0.326 e. The Morgan fingerprint density at radius 1 is 1.06 bits per heavy atom. The van der Waals surface area contributed by atoms with Gasteiger partial charge < -0.3 is 15.5 Å². The van der Waals surface area contributed by atoms with Gasteiger partial charge >= 0.3 is 0 Å². The summed E-state index contributed by atoms with van der Waals surface area (Å²) in [5, 5.41) is 4.73. The van der Waals surface area contributed by atoms with E-state index in [4.69, 9.17) is 0 Å². The van der Waals surface area contributed by atoms with Gasteiger partial charge in [-0.15, -0.1) is 0 Å². The van der Waals surface area contributed by atoms with Crippen molar-refractivity contribution in [2.24, 2.45) is 0 Å². The van der Waals surface area contributed by atoms with Gasteiger partial charge in [-0.25, -0.2) is 16.8 Å². The Morgan fingerprint density at radius 2 is 1.69 bits per heavy atom. The van der Waals surface area contributed by atoms with E-state index in [2.05, 4.69) is 10.6 Å². The molecule has 1 unspecified atom stereocenters. The molecule has 32 heavy (non-hydrogen) atoms. The van der Waals surface area contributed by atoms with Crippen molar-refractivity contribution in [1.82, 2.24) is 10.2 Å². The highest BCUT2D eigenvalue weighted by Gasteiger charge is 2.45. The lowest BCUT2D eigenvalue weighted by molar-refractivity contribution is -0.114. The molecule has 174 valence electrons. The standard InChI is InChI=1S/C22H29N3O5S2/c1-16(26)24-18-9-11-19(12-10-18)32(29,30)22-15-31(27,28)14-20(22)23-13-21(25(2)3)17-7-5-4-6-8-17/h4-12,20-23H,13-15H2,1-3H3,(H,24,26)/t20-,21?,22-/m0/s1. The number of hydrogen-bond acceptors (Lipinski definition) is 7. The Labute approximate surface area is 189 Å². The Kier molecular flexibility index (Phi) is 7.39. The lowest BCUT2D eigenvalue weighted by Crippen LogP contribution is -2.46. The second-order valence-corrected chi connectivity index (χ2v) is 12.6. The van der Waals surface area contributed by atoms with E-state index in [1.54, 1.807) is 0 Å². The summed E-state index contributed by atoms with van der Waals surface area (Å²) in [6, 6.07) is 14.8. The molecular weight excluding hydrogens is 450 g/mol. The van der Waals surface area contributed by atoms with Crippen molar-refractivity contribution in [3.63, 3.8) is 0 Å². The molecule has 1 saturated heterocycles. The number of nitrogens with one attached hydrogen (secondary N) is 2. The van der Waals surface area contributed by atoms with Gasteiger partial charge in [0, 0.05) is 31.2 Å². The summed E-state index contributed by atoms with van der Waals surface area (Å²) in [4.78, 5) is 13.2. The molecule has 0 bridgehead atoms. The number of likely N-dealkylation sites (N-methyl/N-ethyl adjacent to an activating group) is 1. The highest BCUT2D eigenvalue weighted by molar-refractivity contribution is 7.96. The van der Waals surface area contributed by atoms with E-state index in [9.17, 15) is 21.6 Å². The molecule has 3 atom stereocenters. The lowest BCUT2D eigenvalue weighted by Gasteiger charge is -2.28. The molecule has 1 heterocycles. The van der Waals surface area contributed by atoms with Crippen molar-refractivity contribution in [2.75, 3.05) is 37.5 Å². The van der Waals surface area contributed by atoms with Crippen LogP contribution in [0.4, 0.5) is 5.69 Å². The third kappa shape index (κ3) is 5.74. The van der Waals surface area contributed by atoms with Crippen molar-refractivity contribution in [1.29, 1.82) is 0 Å². The van der Waals surface area contributed by atoms with Crippen LogP contribution in [0.25, 0.3) is 0 Å². The van der Waals surface area contributed by atoms with Crippen LogP contribution < -0.4 is 10.6 Å². The highest BCUT2D eigenvalue weighted by Crippen LogP contribution is 2.28. The minimum atomic E-state index is -3.90. The Bertz CT molecular complexity index is 1150. The third-order valence-electron chi connectivity index (χ3n) is 5.58. The van der Waals surface area contributed by atoms with Crippen molar-refractivity contribution in [3.05, 3.63) is 60.2 Å². The number of carbonyl (C=O) groups is 1. The maximum absolute atomic E-state index is 13.3. The molecule has 0 saturated carbocycles. The molecule has 0 aromatic heterocycles. The van der Waals surface area contributed by atoms with Crippen LogP contribution in [0, 0.1) is 0 Å². The first kappa shape index (κ1) is 24.4. The summed E-state index contributed by atoms with van der Waals surface area (Å²) < 4.78 is 51.4. The van der Waals surface area contributed by atoms with Gasteiger partial charge in [-0.3, -0.25) is 4.79 Å². The van der Waals surface area contributed by atoms with Gasteiger partial charge in [0.1, 0.15) is 0 Å². The third-order valence-corrected chi connectivity index (χ3v) is 9.75. The average Bonchev–Trinajstić information content (AvgIpc) is 3.04. The minimum absolute atomic E-state index is 0.0349. The first-order valence-electron chi connectivity index (χ1n) is 10.3. The molecule has 2 aromatic carbocycles. The fraction of sp³-hybridized carbons (Fsp3) is 0.409. The minimum Gasteiger partial charge on any atom is -0.326 e. The summed E-state index contributed by atoms with van der Waals surface area (Å²) in [5.74, 6) is -0.908. The number of anilines is 1. The highest BCUT2D eigenvalue weighted by atomic mass is 32.2. The lowest BCUT2D eigenvalue weighted by atomic mass is 10.1. The van der Waals surface area contributed by atoms with E-state index in [0.717, 1.165) is 5.56 Å². The van der Waals surface area contributed by atoms with Crippen LogP contribution in [0.1, 0.15) is 18.5 Å². The number of sulfone groups is 2. The van der Waals surface area contributed by atoms with Gasteiger partial charge in [0.25, 0.3) is 0 Å². The summed E-state index contributed by atoms with van der Waals surface area (Å²) in [6.07, 6.45) is 0. The average molecular weight is 480 g/mol. The van der Waals surface area contributed by atoms with E-state index in [-0.39, 0.29) is 22.6 Å². The van der Waals surface area contributed by atoms with Gasteiger partial charge in [-0.1, -0.05) is 30.3 Å². The monoisotopic (exact) mass is 479 g/mol. The normalized spacial score (nSPS) is 21.4. The van der Waals surface area contributed by atoms with E-state index < -0.39 is 36.7 Å². The number of carbonyl (C=O) groups excluding carboxylic acids is 1. The second-order valence-electron chi connectivity index (χ2n) is 8.27. The summed E-state index contributed by atoms with van der Waals surface area (Å²) in [6.45, 7) is 1.77. The molecule has 0 aliphatic carbocycles. The predicted molar refractivity (Wildman–Crippen MR) is 125 cm³/mol. The van der Waals surface area contributed by atoms with Gasteiger partial charge in [0.05, 0.1) is 21.7 Å². The number of amides is 1. The predicted octanol–water partition coefficient (Wildman–Crippen LogP) is 1.48. The Balaban J connectivity index is 1.82. The molecule has 1 fully saturated rings. The smallest absolute Gasteiger partial charge is 0.221 e. The number of rotatable bonds is 8. The number of hydrogen-bond donors (Lipinski definition) is 2. The van der Waals surface area contributed by atoms with Crippen LogP contribution in [0.3, 0.4) is 0 Å². The molecule has 2 aromatic rings. The van der Waals surface area contributed by atoms with Crippen LogP contribution in [0.5, 0.6) is 0 Å². The summed E-state index contributed by atoms with van der Waals surface area (Å²) in [5.41, 5.74) is 1.53. The zero-order valence-corrected chi connectivity index (χ0v) is 20.0. The Morgan fingerprint density at radius 3 is 2.25 bits per heavy atom. The van der Waals surface area contributed by atoms with Crippen LogP contribution >= 0.6 is 0 Å². The Hall–Kier alpha value is -2.27. The molecular formula is C22H29N3O5S2. The first-order chi connectivity index (χ1) is 15.0. The molecule has 10 heteroatoms. The molecule has 8 nitrogen and oxygen atoms in total. The summed E-state index contributed by atoms with van der Waals surface area (Å²) in [7, 11) is -3.56. The van der Waals surface area contributed by atoms with Crippen LogP contribution in [0.2, 0.25) is 0 Å². The quantitative estimate of drug-likeness (QED) is 0.590. The molecule has 1 aliphatic heterocycles. The number of benzene rings is 2. The number of nitrogens with zero attached hydrogens (tertiary/aromatic N) is 1. The zero-order valence-electron chi connectivity index (χ0n) is 18.4. The van der Waals surface area contributed by atoms with Crippen molar-refractivity contribution < 1.29 is 21.6 Å². The van der Waals surface area contributed by atoms with Crippen molar-refractivity contribution in [3.8, 4) is 0 Å². The van der Waals surface area contributed by atoms with Crippen LogP contribution in [-0.4, -0.2) is 71.1 Å². The van der Waals surface area contributed by atoms with Gasteiger partial charge in [-0.05, 0) is 43.9 Å².